The summed E-state index contributed by atoms with van der Waals surface area (Å²) < 4.78 is 17.1. The lowest BCUT2D eigenvalue weighted by atomic mass is 10.0. The molecule has 0 saturated heterocycles. The summed E-state index contributed by atoms with van der Waals surface area (Å²) in [6, 6.07) is 21.1. The van der Waals surface area contributed by atoms with Gasteiger partial charge in [0.1, 0.15) is 23.9 Å². The average Bonchev–Trinajstić information content (AvgIpc) is 2.82. The van der Waals surface area contributed by atoms with Crippen LogP contribution in [0.4, 0.5) is 0 Å². The molecular formula is C27H31NO4. The summed E-state index contributed by atoms with van der Waals surface area (Å²) in [5.74, 6) is 2.57. The molecule has 0 bridgehead atoms. The predicted molar refractivity (Wildman–Crippen MR) is 127 cm³/mol. The quantitative estimate of drug-likeness (QED) is 0.444. The molecule has 0 aliphatic carbocycles. The van der Waals surface area contributed by atoms with Crippen molar-refractivity contribution in [1.82, 2.24) is 5.32 Å². The first-order valence-corrected chi connectivity index (χ1v) is 10.9. The van der Waals surface area contributed by atoms with E-state index in [0.717, 1.165) is 33.9 Å². The number of nitrogens with one attached hydrogen (secondary N) is 1. The topological polar surface area (TPSA) is 56.8 Å². The molecule has 0 fully saturated rings. The van der Waals surface area contributed by atoms with Crippen molar-refractivity contribution in [2.24, 2.45) is 0 Å². The fourth-order valence-electron chi connectivity index (χ4n) is 3.40. The minimum Gasteiger partial charge on any atom is -0.497 e. The Morgan fingerprint density at radius 2 is 1.69 bits per heavy atom. The van der Waals surface area contributed by atoms with E-state index in [1.165, 1.54) is 0 Å². The molecule has 5 heteroatoms. The number of amides is 1. The first-order chi connectivity index (χ1) is 15.5. The summed E-state index contributed by atoms with van der Waals surface area (Å²) in [7, 11) is 1.63. The molecule has 0 radical (unpaired) electrons. The maximum atomic E-state index is 12.8. The van der Waals surface area contributed by atoms with Crippen LogP contribution >= 0.6 is 0 Å². The van der Waals surface area contributed by atoms with E-state index in [1.54, 1.807) is 13.2 Å². The molecule has 32 heavy (non-hydrogen) atoms. The van der Waals surface area contributed by atoms with Gasteiger partial charge in [0, 0.05) is 17.7 Å². The number of benzene rings is 3. The standard InChI is InChI=1S/C27H31NO4/c1-5-31-25-15-12-21(27(29)28-17-20-10-13-23(30-4)14-11-20)16-22(25)18-32-26-9-7-6-8-24(26)19(2)3/h6-16,19H,5,17-18H2,1-4H3,(H,28,29). The summed E-state index contributed by atoms with van der Waals surface area (Å²) in [5.41, 5.74) is 3.55. The zero-order chi connectivity index (χ0) is 22.9. The van der Waals surface area contributed by atoms with E-state index in [-0.39, 0.29) is 5.91 Å². The van der Waals surface area contributed by atoms with E-state index in [1.807, 2.05) is 61.5 Å². The van der Waals surface area contributed by atoms with Crippen molar-refractivity contribution in [2.75, 3.05) is 13.7 Å². The third-order valence-electron chi connectivity index (χ3n) is 5.16. The number of para-hydroxylation sites is 1. The number of methoxy groups -OCH3 is 1. The van der Waals surface area contributed by atoms with Crippen molar-refractivity contribution in [3.8, 4) is 17.2 Å². The average molecular weight is 434 g/mol. The molecule has 0 aliphatic heterocycles. The predicted octanol–water partition coefficient (Wildman–Crippen LogP) is 5.73. The van der Waals surface area contributed by atoms with Crippen molar-refractivity contribution in [3.05, 3.63) is 89.0 Å². The van der Waals surface area contributed by atoms with Gasteiger partial charge in [-0.25, -0.2) is 0 Å². The van der Waals surface area contributed by atoms with Crippen LogP contribution in [0.2, 0.25) is 0 Å². The molecular weight excluding hydrogens is 402 g/mol. The molecule has 0 heterocycles. The van der Waals surface area contributed by atoms with Crippen molar-refractivity contribution < 1.29 is 19.0 Å². The van der Waals surface area contributed by atoms with Gasteiger partial charge in [0.25, 0.3) is 5.91 Å². The van der Waals surface area contributed by atoms with Crippen molar-refractivity contribution in [2.45, 2.75) is 39.8 Å². The van der Waals surface area contributed by atoms with Gasteiger partial charge in [-0.05, 0) is 60.4 Å². The summed E-state index contributed by atoms with van der Waals surface area (Å²) in [4.78, 5) is 12.8. The van der Waals surface area contributed by atoms with Crippen molar-refractivity contribution in [1.29, 1.82) is 0 Å². The Morgan fingerprint density at radius 3 is 2.38 bits per heavy atom. The van der Waals surface area contributed by atoms with Gasteiger partial charge in [0.2, 0.25) is 0 Å². The van der Waals surface area contributed by atoms with Gasteiger partial charge in [0.15, 0.2) is 0 Å². The highest BCUT2D eigenvalue weighted by Gasteiger charge is 2.13. The summed E-state index contributed by atoms with van der Waals surface area (Å²) in [6.45, 7) is 7.51. The van der Waals surface area contributed by atoms with Gasteiger partial charge in [-0.3, -0.25) is 4.79 Å². The third-order valence-corrected chi connectivity index (χ3v) is 5.16. The van der Waals surface area contributed by atoms with Crippen LogP contribution in [-0.2, 0) is 13.2 Å². The van der Waals surface area contributed by atoms with Crippen LogP contribution in [0.3, 0.4) is 0 Å². The van der Waals surface area contributed by atoms with E-state index in [4.69, 9.17) is 14.2 Å². The minimum atomic E-state index is -0.146. The fraction of sp³-hybridized carbons (Fsp3) is 0.296. The number of ether oxygens (including phenoxy) is 3. The molecule has 3 aromatic carbocycles. The second-order valence-corrected chi connectivity index (χ2v) is 7.77. The zero-order valence-electron chi connectivity index (χ0n) is 19.2. The molecule has 0 spiro atoms. The van der Waals surface area contributed by atoms with E-state index in [2.05, 4.69) is 25.2 Å². The van der Waals surface area contributed by atoms with Crippen LogP contribution in [0.5, 0.6) is 17.2 Å². The molecule has 0 unspecified atom stereocenters. The molecule has 0 aliphatic rings. The normalized spacial score (nSPS) is 10.7. The maximum absolute atomic E-state index is 12.8. The number of hydrogen-bond acceptors (Lipinski definition) is 4. The van der Waals surface area contributed by atoms with E-state index >= 15 is 0 Å². The third kappa shape index (κ3) is 6.03. The maximum Gasteiger partial charge on any atom is 0.251 e. The SMILES string of the molecule is CCOc1ccc(C(=O)NCc2ccc(OC)cc2)cc1COc1ccccc1C(C)C. The molecule has 168 valence electrons. The summed E-state index contributed by atoms with van der Waals surface area (Å²) >= 11 is 0. The Morgan fingerprint density at radius 1 is 0.938 bits per heavy atom. The monoisotopic (exact) mass is 433 g/mol. The smallest absolute Gasteiger partial charge is 0.251 e. The van der Waals surface area contributed by atoms with Gasteiger partial charge in [-0.1, -0.05) is 44.2 Å². The molecule has 5 nitrogen and oxygen atoms in total. The lowest BCUT2D eigenvalue weighted by molar-refractivity contribution is 0.0950. The minimum absolute atomic E-state index is 0.146. The van der Waals surface area contributed by atoms with Crippen LogP contribution in [0.15, 0.2) is 66.7 Å². The summed E-state index contributed by atoms with van der Waals surface area (Å²) in [6.07, 6.45) is 0. The van der Waals surface area contributed by atoms with E-state index in [9.17, 15) is 4.79 Å². The fourth-order valence-corrected chi connectivity index (χ4v) is 3.40. The second-order valence-electron chi connectivity index (χ2n) is 7.77. The van der Waals surface area contributed by atoms with Gasteiger partial charge >= 0.3 is 0 Å². The van der Waals surface area contributed by atoms with Gasteiger partial charge < -0.3 is 19.5 Å². The molecule has 0 saturated carbocycles. The molecule has 3 aromatic rings. The van der Waals surface area contributed by atoms with Gasteiger partial charge in [-0.15, -0.1) is 0 Å². The number of carbonyl (C=O) groups excluding carboxylic acids is 1. The van der Waals surface area contributed by atoms with E-state index in [0.29, 0.717) is 31.2 Å². The lowest BCUT2D eigenvalue weighted by Gasteiger charge is -2.16. The van der Waals surface area contributed by atoms with Crippen LogP contribution in [0, 0.1) is 0 Å². The Kier molecular flexibility index (Phi) is 8.14. The highest BCUT2D eigenvalue weighted by Crippen LogP contribution is 2.28. The zero-order valence-corrected chi connectivity index (χ0v) is 19.2. The highest BCUT2D eigenvalue weighted by atomic mass is 16.5. The van der Waals surface area contributed by atoms with Crippen molar-refractivity contribution >= 4 is 5.91 Å². The lowest BCUT2D eigenvalue weighted by Crippen LogP contribution is -2.23. The molecule has 1 amide bonds. The Bertz CT molecular complexity index is 1030. The summed E-state index contributed by atoms with van der Waals surface area (Å²) in [5, 5.41) is 2.97. The number of carbonyl (C=O) groups is 1. The highest BCUT2D eigenvalue weighted by molar-refractivity contribution is 5.94. The van der Waals surface area contributed by atoms with Crippen molar-refractivity contribution in [3.63, 3.8) is 0 Å². The van der Waals surface area contributed by atoms with Crippen LogP contribution in [0.25, 0.3) is 0 Å². The Balaban J connectivity index is 1.72. The van der Waals surface area contributed by atoms with E-state index < -0.39 is 0 Å². The number of hydrogen-bond donors (Lipinski definition) is 1. The molecule has 0 atom stereocenters. The molecule has 3 rings (SSSR count). The Labute approximate surface area is 190 Å². The first-order valence-electron chi connectivity index (χ1n) is 10.9. The molecule has 0 aromatic heterocycles. The molecule has 1 N–H and O–H groups in total. The first kappa shape index (κ1) is 23.2. The largest absolute Gasteiger partial charge is 0.497 e. The Hall–Kier alpha value is -3.47. The van der Waals surface area contributed by atoms with Gasteiger partial charge in [-0.2, -0.15) is 0 Å². The van der Waals surface area contributed by atoms with Gasteiger partial charge in [0.05, 0.1) is 13.7 Å². The number of rotatable bonds is 10. The van der Waals surface area contributed by atoms with Crippen LogP contribution < -0.4 is 19.5 Å². The second kappa shape index (κ2) is 11.2. The van der Waals surface area contributed by atoms with Crippen LogP contribution in [0.1, 0.15) is 53.7 Å². The van der Waals surface area contributed by atoms with Crippen LogP contribution in [-0.4, -0.2) is 19.6 Å².